The van der Waals surface area contributed by atoms with Gasteiger partial charge >= 0.3 is 0 Å². The summed E-state index contributed by atoms with van der Waals surface area (Å²) in [6, 6.07) is 59.4. The number of hydrogen-bond donors (Lipinski definition) is 0. The Kier molecular flexibility index (Phi) is 5.35. The first-order valence-electron chi connectivity index (χ1n) is 17.2. The molecule has 0 radical (unpaired) electrons. The molecule has 2 heteroatoms. The van der Waals surface area contributed by atoms with Gasteiger partial charge in [0.2, 0.25) is 0 Å². The van der Waals surface area contributed by atoms with Gasteiger partial charge < -0.3 is 0 Å². The fraction of sp³-hybridized carbons (Fsp3) is 0. The van der Waals surface area contributed by atoms with Crippen molar-refractivity contribution in [1.82, 2.24) is 0 Å². The van der Waals surface area contributed by atoms with Crippen LogP contribution < -0.4 is 0 Å². The van der Waals surface area contributed by atoms with E-state index in [1.165, 1.54) is 116 Å². The molecule has 0 saturated heterocycles. The summed E-state index contributed by atoms with van der Waals surface area (Å²) in [7, 11) is 0. The van der Waals surface area contributed by atoms with Crippen LogP contribution in [0.15, 0.2) is 158 Å². The average Bonchev–Trinajstić information content (AvgIpc) is 3.75. The molecule has 0 aliphatic heterocycles. The van der Waals surface area contributed by atoms with E-state index in [9.17, 15) is 0 Å². The largest absolute Gasteiger partial charge is 0.135 e. The van der Waals surface area contributed by atoms with Gasteiger partial charge in [-0.3, -0.25) is 0 Å². The highest BCUT2D eigenvalue weighted by atomic mass is 32.1. The molecule has 12 rings (SSSR count). The molecule has 2 heterocycles. The zero-order chi connectivity index (χ0) is 32.5. The molecule has 0 spiro atoms. The summed E-state index contributed by atoms with van der Waals surface area (Å²) in [6.45, 7) is 0. The summed E-state index contributed by atoms with van der Waals surface area (Å²) in [5, 5.41) is 18.6. The minimum Gasteiger partial charge on any atom is -0.135 e. The first-order chi connectivity index (χ1) is 24.8. The van der Waals surface area contributed by atoms with Gasteiger partial charge in [0, 0.05) is 40.3 Å². The smallest absolute Gasteiger partial charge is 0.0433 e. The minimum absolute atomic E-state index is 1.27. The predicted octanol–water partition coefficient (Wildman–Crippen LogP) is 15.0. The Balaban J connectivity index is 1.06. The van der Waals surface area contributed by atoms with Crippen molar-refractivity contribution in [2.24, 2.45) is 0 Å². The number of benzene rings is 10. The quantitative estimate of drug-likeness (QED) is 0.161. The summed E-state index contributed by atoms with van der Waals surface area (Å²) in [4.78, 5) is 0. The summed E-state index contributed by atoms with van der Waals surface area (Å²) in [5.41, 5.74) is 5.12. The van der Waals surface area contributed by atoms with Crippen LogP contribution in [0.4, 0.5) is 0 Å². The standard InChI is InChI=1S/C48H26S2/c1-3-7-35-27(5-1)9-22-40-37-19-15-32(26-44(37)50-47(35)40)34-18-12-30-13-20-38-33(17-11-29-14-21-39(34)46(30)45(29)38)31-16-24-43-42(25-31)41-23-10-28-6-2-4-8-36(28)48(41)49-43/h1-26H. The van der Waals surface area contributed by atoms with E-state index in [2.05, 4.69) is 158 Å². The van der Waals surface area contributed by atoms with Crippen LogP contribution >= 0.6 is 22.7 Å². The predicted molar refractivity (Wildman–Crippen MR) is 222 cm³/mol. The second kappa shape index (κ2) is 9.89. The summed E-state index contributed by atoms with van der Waals surface area (Å²) < 4.78 is 5.43. The maximum Gasteiger partial charge on any atom is 0.0433 e. The molecule has 10 aromatic carbocycles. The van der Waals surface area contributed by atoms with E-state index in [1.54, 1.807) is 0 Å². The van der Waals surface area contributed by atoms with Crippen molar-refractivity contribution in [2.75, 3.05) is 0 Å². The molecule has 0 aliphatic carbocycles. The third-order valence-corrected chi connectivity index (χ3v) is 13.4. The summed E-state index contributed by atoms with van der Waals surface area (Å²) >= 11 is 3.82. The Morgan fingerprint density at radius 3 is 1.42 bits per heavy atom. The normalized spacial score (nSPS) is 12.4. The Morgan fingerprint density at radius 2 is 0.760 bits per heavy atom. The van der Waals surface area contributed by atoms with Crippen molar-refractivity contribution in [3.05, 3.63) is 158 Å². The highest BCUT2D eigenvalue weighted by molar-refractivity contribution is 7.27. The molecular formula is C48H26S2. The number of fused-ring (bicyclic) bond motifs is 10. The number of rotatable bonds is 2. The van der Waals surface area contributed by atoms with E-state index >= 15 is 0 Å². The Bertz CT molecular complexity index is 3370. The molecule has 0 saturated carbocycles. The highest BCUT2D eigenvalue weighted by Gasteiger charge is 2.17. The molecule has 0 atom stereocenters. The van der Waals surface area contributed by atoms with Gasteiger partial charge in [-0.25, -0.2) is 0 Å². The van der Waals surface area contributed by atoms with Crippen LogP contribution in [0, 0.1) is 0 Å². The maximum absolute atomic E-state index is 2.42. The summed E-state index contributed by atoms with van der Waals surface area (Å²) in [5.74, 6) is 0. The molecule has 230 valence electrons. The highest BCUT2D eigenvalue weighted by Crippen LogP contribution is 2.46. The second-order valence-corrected chi connectivity index (χ2v) is 15.7. The molecule has 0 bridgehead atoms. The molecule has 2 aromatic heterocycles. The van der Waals surface area contributed by atoms with Gasteiger partial charge in [0.05, 0.1) is 0 Å². The van der Waals surface area contributed by atoms with E-state index in [0.717, 1.165) is 0 Å². The maximum atomic E-state index is 2.42. The molecule has 0 N–H and O–H groups in total. The fourth-order valence-corrected chi connectivity index (χ4v) is 11.1. The molecule has 0 fully saturated rings. The van der Waals surface area contributed by atoms with Crippen LogP contribution in [0.3, 0.4) is 0 Å². The van der Waals surface area contributed by atoms with Gasteiger partial charge in [0.1, 0.15) is 0 Å². The van der Waals surface area contributed by atoms with E-state index < -0.39 is 0 Å². The Hall–Kier alpha value is -5.80. The lowest BCUT2D eigenvalue weighted by atomic mass is 9.87. The minimum atomic E-state index is 1.27. The van der Waals surface area contributed by atoms with Crippen LogP contribution in [-0.4, -0.2) is 0 Å². The van der Waals surface area contributed by atoms with Gasteiger partial charge in [0.25, 0.3) is 0 Å². The van der Waals surface area contributed by atoms with Crippen molar-refractivity contribution in [3.63, 3.8) is 0 Å². The first-order valence-corrected chi connectivity index (χ1v) is 18.8. The second-order valence-electron chi connectivity index (χ2n) is 13.6. The lowest BCUT2D eigenvalue weighted by Crippen LogP contribution is -1.89. The van der Waals surface area contributed by atoms with Crippen LogP contribution in [0.5, 0.6) is 0 Å². The van der Waals surface area contributed by atoms with Crippen LogP contribution in [0.25, 0.3) is 116 Å². The zero-order valence-corrected chi connectivity index (χ0v) is 28.5. The Morgan fingerprint density at radius 1 is 0.280 bits per heavy atom. The van der Waals surface area contributed by atoms with E-state index in [-0.39, 0.29) is 0 Å². The molecule has 12 aromatic rings. The lowest BCUT2D eigenvalue weighted by Gasteiger charge is -2.16. The zero-order valence-electron chi connectivity index (χ0n) is 26.8. The third kappa shape index (κ3) is 3.64. The first kappa shape index (κ1) is 27.1. The average molecular weight is 667 g/mol. The van der Waals surface area contributed by atoms with Gasteiger partial charge in [0.15, 0.2) is 0 Å². The van der Waals surface area contributed by atoms with Crippen molar-refractivity contribution >= 4 is 117 Å². The van der Waals surface area contributed by atoms with Gasteiger partial charge in [-0.2, -0.15) is 0 Å². The third-order valence-electron chi connectivity index (χ3n) is 11.0. The van der Waals surface area contributed by atoms with Crippen molar-refractivity contribution in [2.45, 2.75) is 0 Å². The van der Waals surface area contributed by atoms with Crippen molar-refractivity contribution < 1.29 is 0 Å². The van der Waals surface area contributed by atoms with E-state index in [4.69, 9.17) is 0 Å². The van der Waals surface area contributed by atoms with Gasteiger partial charge in [-0.05, 0) is 94.3 Å². The molecule has 0 amide bonds. The molecular weight excluding hydrogens is 641 g/mol. The van der Waals surface area contributed by atoms with Gasteiger partial charge in [-0.15, -0.1) is 22.7 Å². The Labute approximate surface area is 295 Å². The SMILES string of the molecule is c1ccc2c(c1)ccc1c3ccc(-c4ccc5ccc6c(-c7ccc8sc9c%10ccccc%10ccc9c8c7)ccc7ccc4c5c76)cc3sc21. The molecule has 50 heavy (non-hydrogen) atoms. The number of thiophene rings is 2. The van der Waals surface area contributed by atoms with E-state index in [1.807, 2.05) is 22.7 Å². The lowest BCUT2D eigenvalue weighted by molar-refractivity contribution is 1.71. The molecule has 0 unspecified atom stereocenters. The molecule has 0 aliphatic rings. The van der Waals surface area contributed by atoms with Crippen LogP contribution in [-0.2, 0) is 0 Å². The van der Waals surface area contributed by atoms with Gasteiger partial charge in [-0.1, -0.05) is 140 Å². The topological polar surface area (TPSA) is 0 Å². The fourth-order valence-electron chi connectivity index (χ4n) is 8.65. The van der Waals surface area contributed by atoms with Crippen LogP contribution in [0.1, 0.15) is 0 Å². The summed E-state index contributed by atoms with van der Waals surface area (Å²) in [6.07, 6.45) is 0. The van der Waals surface area contributed by atoms with Crippen molar-refractivity contribution in [3.8, 4) is 22.3 Å². The molecule has 0 nitrogen and oxygen atoms in total. The van der Waals surface area contributed by atoms with Crippen molar-refractivity contribution in [1.29, 1.82) is 0 Å². The van der Waals surface area contributed by atoms with Crippen LogP contribution in [0.2, 0.25) is 0 Å². The van der Waals surface area contributed by atoms with E-state index in [0.29, 0.717) is 0 Å². The number of hydrogen-bond acceptors (Lipinski definition) is 2. The monoisotopic (exact) mass is 666 g/mol.